The Morgan fingerprint density at radius 2 is 1.65 bits per heavy atom. The second-order valence-corrected chi connectivity index (χ2v) is 6.99. The van der Waals surface area contributed by atoms with Crippen molar-refractivity contribution in [2.45, 2.75) is 64.6 Å². The minimum Gasteiger partial charge on any atom is -0.293 e. The van der Waals surface area contributed by atoms with Crippen LogP contribution in [0.5, 0.6) is 0 Å². The molecule has 0 amide bonds. The maximum Gasteiger partial charge on any atom is 0.0936 e. The molecule has 2 heteroatoms. The quantitative estimate of drug-likeness (QED) is 0.781. The Balaban J connectivity index is 2.05. The van der Waals surface area contributed by atoms with Crippen molar-refractivity contribution >= 4 is 6.08 Å². The Morgan fingerprint density at radius 3 is 2.15 bits per heavy atom. The molecule has 1 aromatic rings. The first kappa shape index (κ1) is 15.3. The van der Waals surface area contributed by atoms with E-state index in [1.165, 1.54) is 24.8 Å². The van der Waals surface area contributed by atoms with Gasteiger partial charge in [-0.15, -0.1) is 0 Å². The fourth-order valence-electron chi connectivity index (χ4n) is 3.21. The lowest BCUT2D eigenvalue weighted by Crippen LogP contribution is -2.58. The lowest BCUT2D eigenvalue weighted by atomic mass is 9.82. The van der Waals surface area contributed by atoms with Crippen molar-refractivity contribution in [3.05, 3.63) is 42.0 Å². The number of hydrogen-bond acceptors (Lipinski definition) is 2. The van der Waals surface area contributed by atoms with Gasteiger partial charge in [-0.2, -0.15) is 5.06 Å². The first-order chi connectivity index (χ1) is 9.35. The van der Waals surface area contributed by atoms with Crippen LogP contribution in [0.15, 0.2) is 30.8 Å². The van der Waals surface area contributed by atoms with E-state index in [0.717, 1.165) is 5.56 Å². The lowest BCUT2D eigenvalue weighted by Gasteiger charge is -2.51. The molecule has 1 aliphatic rings. The molecule has 2 rings (SSSR count). The summed E-state index contributed by atoms with van der Waals surface area (Å²) in [7, 11) is 0. The summed E-state index contributed by atoms with van der Waals surface area (Å²) in [6.45, 7) is 13.5. The third-order valence-electron chi connectivity index (χ3n) is 4.25. The molecule has 0 radical (unpaired) electrons. The zero-order chi connectivity index (χ0) is 14.8. The standard InChI is InChI=1S/C18H27NO/c1-6-15-8-10-16(11-9-15)14-20-19-17(2,3)12-7-13-18(19,4)5/h6,8-11H,1,7,12-14H2,2-5H3. The van der Waals surface area contributed by atoms with E-state index in [0.29, 0.717) is 6.61 Å². The molecular weight excluding hydrogens is 246 g/mol. The Labute approximate surface area is 123 Å². The van der Waals surface area contributed by atoms with E-state index in [1.807, 2.05) is 6.08 Å². The van der Waals surface area contributed by atoms with Gasteiger partial charge in [-0.05, 0) is 58.1 Å². The maximum atomic E-state index is 6.18. The fraction of sp³-hybridized carbons (Fsp3) is 0.556. The Hall–Kier alpha value is -1.12. The van der Waals surface area contributed by atoms with Gasteiger partial charge < -0.3 is 0 Å². The van der Waals surface area contributed by atoms with Crippen LogP contribution in [-0.4, -0.2) is 16.1 Å². The van der Waals surface area contributed by atoms with E-state index in [2.05, 4.69) is 63.6 Å². The SMILES string of the molecule is C=Cc1ccc(CON2C(C)(C)CCCC2(C)C)cc1. The van der Waals surface area contributed by atoms with Gasteiger partial charge in [0, 0.05) is 11.1 Å². The second kappa shape index (κ2) is 5.71. The Kier molecular flexibility index (Phi) is 4.36. The molecule has 0 aromatic heterocycles. The van der Waals surface area contributed by atoms with E-state index in [1.54, 1.807) is 0 Å². The number of benzene rings is 1. The first-order valence-electron chi connectivity index (χ1n) is 7.50. The molecule has 1 aromatic carbocycles. The van der Waals surface area contributed by atoms with Gasteiger partial charge in [0.1, 0.15) is 0 Å². The summed E-state index contributed by atoms with van der Waals surface area (Å²) < 4.78 is 0. The van der Waals surface area contributed by atoms with Gasteiger partial charge in [-0.25, -0.2) is 0 Å². The number of hydroxylamine groups is 2. The predicted molar refractivity (Wildman–Crippen MR) is 85.2 cm³/mol. The van der Waals surface area contributed by atoms with Gasteiger partial charge in [0.2, 0.25) is 0 Å². The van der Waals surface area contributed by atoms with Crippen LogP contribution in [0.4, 0.5) is 0 Å². The van der Waals surface area contributed by atoms with Crippen LogP contribution in [0.1, 0.15) is 58.1 Å². The number of rotatable bonds is 4. The summed E-state index contributed by atoms with van der Waals surface area (Å²) in [6, 6.07) is 8.39. The molecule has 1 fully saturated rings. The third-order valence-corrected chi connectivity index (χ3v) is 4.25. The molecule has 2 nitrogen and oxygen atoms in total. The highest BCUT2D eigenvalue weighted by atomic mass is 16.7. The van der Waals surface area contributed by atoms with E-state index in [-0.39, 0.29) is 11.1 Å². The van der Waals surface area contributed by atoms with Crippen LogP contribution in [0.25, 0.3) is 6.08 Å². The minimum atomic E-state index is 0.100. The van der Waals surface area contributed by atoms with Crippen LogP contribution in [0.3, 0.4) is 0 Å². The van der Waals surface area contributed by atoms with Crippen molar-refractivity contribution in [2.24, 2.45) is 0 Å². The zero-order valence-corrected chi connectivity index (χ0v) is 13.3. The maximum absolute atomic E-state index is 6.18. The molecule has 0 bridgehead atoms. The largest absolute Gasteiger partial charge is 0.293 e. The number of piperidine rings is 1. The monoisotopic (exact) mass is 273 g/mol. The summed E-state index contributed by atoms with van der Waals surface area (Å²) >= 11 is 0. The Morgan fingerprint density at radius 1 is 1.10 bits per heavy atom. The van der Waals surface area contributed by atoms with Crippen LogP contribution in [0, 0.1) is 0 Å². The second-order valence-electron chi connectivity index (χ2n) is 6.99. The number of hydrogen-bond donors (Lipinski definition) is 0. The van der Waals surface area contributed by atoms with E-state index in [4.69, 9.17) is 4.84 Å². The molecule has 1 saturated heterocycles. The molecule has 0 spiro atoms. The average molecular weight is 273 g/mol. The molecule has 20 heavy (non-hydrogen) atoms. The Bertz CT molecular complexity index is 443. The molecule has 110 valence electrons. The van der Waals surface area contributed by atoms with Gasteiger partial charge in [0.05, 0.1) is 6.61 Å². The highest BCUT2D eigenvalue weighted by Gasteiger charge is 2.42. The molecule has 0 aliphatic carbocycles. The fourth-order valence-corrected chi connectivity index (χ4v) is 3.21. The minimum absolute atomic E-state index is 0.100. The summed E-state index contributed by atoms with van der Waals surface area (Å²) in [5.41, 5.74) is 2.55. The summed E-state index contributed by atoms with van der Waals surface area (Å²) in [4.78, 5) is 6.18. The molecule has 0 atom stereocenters. The molecule has 0 N–H and O–H groups in total. The zero-order valence-electron chi connectivity index (χ0n) is 13.3. The van der Waals surface area contributed by atoms with E-state index < -0.39 is 0 Å². The van der Waals surface area contributed by atoms with Crippen LogP contribution < -0.4 is 0 Å². The van der Waals surface area contributed by atoms with Crippen molar-refractivity contribution in [1.82, 2.24) is 5.06 Å². The van der Waals surface area contributed by atoms with Crippen LogP contribution >= 0.6 is 0 Å². The average Bonchev–Trinajstić information content (AvgIpc) is 2.37. The normalized spacial score (nSPS) is 21.6. The third kappa shape index (κ3) is 3.31. The molecule has 1 heterocycles. The van der Waals surface area contributed by atoms with Crippen LogP contribution in [-0.2, 0) is 11.4 Å². The highest BCUT2D eigenvalue weighted by molar-refractivity contribution is 5.47. The van der Waals surface area contributed by atoms with E-state index in [9.17, 15) is 0 Å². The molecule has 0 saturated carbocycles. The van der Waals surface area contributed by atoms with E-state index >= 15 is 0 Å². The van der Waals surface area contributed by atoms with Gasteiger partial charge >= 0.3 is 0 Å². The highest BCUT2D eigenvalue weighted by Crippen LogP contribution is 2.38. The molecular formula is C18H27NO. The van der Waals surface area contributed by atoms with Crippen molar-refractivity contribution < 1.29 is 4.84 Å². The first-order valence-corrected chi connectivity index (χ1v) is 7.50. The topological polar surface area (TPSA) is 12.5 Å². The molecule has 1 aliphatic heterocycles. The van der Waals surface area contributed by atoms with Gasteiger partial charge in [-0.1, -0.05) is 36.9 Å². The smallest absolute Gasteiger partial charge is 0.0936 e. The summed E-state index contributed by atoms with van der Waals surface area (Å²) in [5, 5.41) is 2.21. The van der Waals surface area contributed by atoms with Crippen molar-refractivity contribution in [3.63, 3.8) is 0 Å². The van der Waals surface area contributed by atoms with Gasteiger partial charge in [0.15, 0.2) is 0 Å². The summed E-state index contributed by atoms with van der Waals surface area (Å²) in [6.07, 6.45) is 5.51. The lowest BCUT2D eigenvalue weighted by molar-refractivity contribution is -0.288. The van der Waals surface area contributed by atoms with Crippen LogP contribution in [0.2, 0.25) is 0 Å². The van der Waals surface area contributed by atoms with Gasteiger partial charge in [-0.3, -0.25) is 4.84 Å². The summed E-state index contributed by atoms with van der Waals surface area (Å²) in [5.74, 6) is 0. The predicted octanol–water partition coefficient (Wildman–Crippen LogP) is 4.80. The molecule has 0 unspecified atom stereocenters. The van der Waals surface area contributed by atoms with Crippen molar-refractivity contribution in [2.75, 3.05) is 0 Å². The van der Waals surface area contributed by atoms with Crippen molar-refractivity contribution in [1.29, 1.82) is 0 Å². The van der Waals surface area contributed by atoms with Gasteiger partial charge in [0.25, 0.3) is 0 Å². The number of nitrogens with zero attached hydrogens (tertiary/aromatic N) is 1. The van der Waals surface area contributed by atoms with Crippen molar-refractivity contribution in [3.8, 4) is 0 Å².